The van der Waals surface area contributed by atoms with Crippen LogP contribution in [-0.4, -0.2) is 16.1 Å². The molecule has 2 aromatic rings. The quantitative estimate of drug-likeness (QED) is 0.902. The van der Waals surface area contributed by atoms with Crippen LogP contribution in [0.1, 0.15) is 21.6 Å². The fourth-order valence-corrected chi connectivity index (χ4v) is 2.31. The highest BCUT2D eigenvalue weighted by atomic mass is 32.1. The van der Waals surface area contributed by atoms with E-state index in [-0.39, 0.29) is 10.7 Å². The Balaban J connectivity index is 2.29. The first-order chi connectivity index (χ1) is 9.29. The normalized spacial score (nSPS) is 11.4. The summed E-state index contributed by atoms with van der Waals surface area (Å²) in [5, 5.41) is 12.6. The van der Waals surface area contributed by atoms with Gasteiger partial charge >= 0.3 is 12.1 Å². The molecule has 0 aliphatic rings. The number of thiazole rings is 1. The molecule has 0 amide bonds. The number of aromatic carboxylic acids is 1. The first kappa shape index (κ1) is 14.3. The second-order valence-corrected chi connectivity index (χ2v) is 4.80. The number of nitrogens with zero attached hydrogens (tertiary/aromatic N) is 1. The second kappa shape index (κ2) is 5.12. The Kier molecular flexibility index (Phi) is 3.67. The van der Waals surface area contributed by atoms with E-state index in [9.17, 15) is 18.0 Å². The van der Waals surface area contributed by atoms with Crippen molar-refractivity contribution in [3.63, 3.8) is 0 Å². The molecule has 2 N–H and O–H groups in total. The van der Waals surface area contributed by atoms with E-state index in [2.05, 4.69) is 10.3 Å². The van der Waals surface area contributed by atoms with Crippen LogP contribution in [0.3, 0.4) is 0 Å². The molecule has 0 bridgehead atoms. The number of carboxylic acid groups (broad SMARTS) is 1. The zero-order chi connectivity index (χ0) is 14.9. The van der Waals surface area contributed by atoms with Gasteiger partial charge in [0.25, 0.3) is 0 Å². The van der Waals surface area contributed by atoms with Gasteiger partial charge in [0.1, 0.15) is 0 Å². The summed E-state index contributed by atoms with van der Waals surface area (Å²) in [6.07, 6.45) is -4.49. The molecule has 0 saturated heterocycles. The van der Waals surface area contributed by atoms with Crippen LogP contribution >= 0.6 is 11.3 Å². The molecule has 0 spiro atoms. The van der Waals surface area contributed by atoms with Crippen LogP contribution in [0.2, 0.25) is 0 Å². The number of hydrogen-bond donors (Lipinski definition) is 2. The summed E-state index contributed by atoms with van der Waals surface area (Å²) in [6.45, 7) is 1.57. The van der Waals surface area contributed by atoms with Crippen molar-refractivity contribution in [3.8, 4) is 0 Å². The second-order valence-electron chi connectivity index (χ2n) is 3.94. The SMILES string of the molecule is Cc1c(Nc2nc(C(F)(F)F)cs2)cccc1C(=O)O. The molecule has 0 saturated carbocycles. The molecule has 1 aromatic heterocycles. The van der Waals surface area contributed by atoms with Gasteiger partial charge in [-0.2, -0.15) is 13.2 Å². The van der Waals surface area contributed by atoms with E-state index in [1.807, 2.05) is 0 Å². The zero-order valence-electron chi connectivity index (χ0n) is 10.2. The summed E-state index contributed by atoms with van der Waals surface area (Å²) in [5.74, 6) is -1.10. The minimum atomic E-state index is -4.49. The number of alkyl halides is 3. The number of hydrogen-bond acceptors (Lipinski definition) is 4. The molecule has 106 valence electrons. The van der Waals surface area contributed by atoms with Crippen molar-refractivity contribution in [1.82, 2.24) is 4.98 Å². The lowest BCUT2D eigenvalue weighted by Crippen LogP contribution is -2.06. The van der Waals surface area contributed by atoms with Gasteiger partial charge in [0.05, 0.1) is 5.56 Å². The summed E-state index contributed by atoms with van der Waals surface area (Å²) in [4.78, 5) is 14.4. The van der Waals surface area contributed by atoms with E-state index in [1.165, 1.54) is 12.1 Å². The van der Waals surface area contributed by atoms with E-state index in [1.54, 1.807) is 13.0 Å². The van der Waals surface area contributed by atoms with Gasteiger partial charge in [-0.15, -0.1) is 11.3 Å². The Hall–Kier alpha value is -2.09. The summed E-state index contributed by atoms with van der Waals surface area (Å²) in [6, 6.07) is 4.51. The lowest BCUT2D eigenvalue weighted by atomic mass is 10.1. The molecule has 1 heterocycles. The van der Waals surface area contributed by atoms with Crippen LogP contribution in [0.15, 0.2) is 23.6 Å². The van der Waals surface area contributed by atoms with Gasteiger partial charge in [-0.05, 0) is 24.6 Å². The van der Waals surface area contributed by atoms with Crippen LogP contribution in [-0.2, 0) is 6.18 Å². The van der Waals surface area contributed by atoms with Gasteiger partial charge in [0, 0.05) is 11.1 Å². The summed E-state index contributed by atoms with van der Waals surface area (Å²) in [5.41, 5.74) is -0.0450. The van der Waals surface area contributed by atoms with Gasteiger partial charge in [-0.3, -0.25) is 0 Å². The smallest absolute Gasteiger partial charge is 0.434 e. The third-order valence-corrected chi connectivity index (χ3v) is 3.36. The monoisotopic (exact) mass is 302 g/mol. The minimum Gasteiger partial charge on any atom is -0.478 e. The Morgan fingerprint density at radius 2 is 2.10 bits per heavy atom. The predicted molar refractivity (Wildman–Crippen MR) is 68.5 cm³/mol. The molecular weight excluding hydrogens is 293 g/mol. The van der Waals surface area contributed by atoms with Crippen LogP contribution < -0.4 is 5.32 Å². The summed E-state index contributed by atoms with van der Waals surface area (Å²) in [7, 11) is 0. The third kappa shape index (κ3) is 2.90. The average Bonchev–Trinajstić information content (AvgIpc) is 2.80. The van der Waals surface area contributed by atoms with E-state index in [4.69, 9.17) is 5.11 Å². The highest BCUT2D eigenvalue weighted by Crippen LogP contribution is 2.33. The van der Waals surface area contributed by atoms with Crippen LogP contribution in [0, 0.1) is 6.92 Å². The highest BCUT2D eigenvalue weighted by Gasteiger charge is 2.33. The van der Waals surface area contributed by atoms with Crippen molar-refractivity contribution in [3.05, 3.63) is 40.4 Å². The minimum absolute atomic E-state index is 0.0583. The maximum Gasteiger partial charge on any atom is 0.434 e. The van der Waals surface area contributed by atoms with Crippen LogP contribution in [0.4, 0.5) is 24.0 Å². The van der Waals surface area contributed by atoms with Crippen molar-refractivity contribution >= 4 is 28.1 Å². The summed E-state index contributed by atoms with van der Waals surface area (Å²) >= 11 is 0.805. The molecule has 20 heavy (non-hydrogen) atoms. The van der Waals surface area contributed by atoms with Gasteiger partial charge in [-0.1, -0.05) is 6.07 Å². The molecule has 0 aliphatic carbocycles. The third-order valence-electron chi connectivity index (χ3n) is 2.60. The molecule has 4 nitrogen and oxygen atoms in total. The standard InChI is InChI=1S/C12H9F3N2O2S/c1-6-7(10(18)19)3-2-4-8(6)16-11-17-9(5-20-11)12(13,14)15/h2-5H,1H3,(H,16,17)(H,18,19). The van der Waals surface area contributed by atoms with E-state index >= 15 is 0 Å². The molecule has 0 radical (unpaired) electrons. The largest absolute Gasteiger partial charge is 0.478 e. The van der Waals surface area contributed by atoms with E-state index in [0.717, 1.165) is 16.7 Å². The summed E-state index contributed by atoms with van der Waals surface area (Å²) < 4.78 is 37.3. The molecule has 0 unspecified atom stereocenters. The van der Waals surface area contributed by atoms with Crippen molar-refractivity contribution in [1.29, 1.82) is 0 Å². The number of carboxylic acids is 1. The number of carbonyl (C=O) groups is 1. The molecule has 0 fully saturated rings. The van der Waals surface area contributed by atoms with Crippen molar-refractivity contribution in [2.75, 3.05) is 5.32 Å². The Morgan fingerprint density at radius 3 is 2.65 bits per heavy atom. The molecule has 1 aromatic carbocycles. The van der Waals surface area contributed by atoms with Gasteiger partial charge in [0.15, 0.2) is 10.8 Å². The number of benzene rings is 1. The number of anilines is 2. The molecule has 8 heteroatoms. The Morgan fingerprint density at radius 1 is 1.40 bits per heavy atom. The fourth-order valence-electron chi connectivity index (χ4n) is 1.58. The Bertz CT molecular complexity index is 652. The zero-order valence-corrected chi connectivity index (χ0v) is 11.0. The van der Waals surface area contributed by atoms with Crippen molar-refractivity contribution < 1.29 is 23.1 Å². The molecule has 0 aliphatic heterocycles. The Labute approximate surface area is 115 Å². The lowest BCUT2D eigenvalue weighted by Gasteiger charge is -2.09. The van der Waals surface area contributed by atoms with Crippen LogP contribution in [0.5, 0.6) is 0 Å². The molecular formula is C12H9F3N2O2S. The number of aromatic nitrogens is 1. The van der Waals surface area contributed by atoms with Crippen molar-refractivity contribution in [2.45, 2.75) is 13.1 Å². The number of nitrogens with one attached hydrogen (secondary N) is 1. The van der Waals surface area contributed by atoms with E-state index < -0.39 is 17.8 Å². The predicted octanol–water partition coefficient (Wildman–Crippen LogP) is 3.91. The van der Waals surface area contributed by atoms with Gasteiger partial charge in [0.2, 0.25) is 0 Å². The number of rotatable bonds is 3. The number of halogens is 3. The van der Waals surface area contributed by atoms with Crippen LogP contribution in [0.25, 0.3) is 0 Å². The maximum absolute atomic E-state index is 12.4. The highest BCUT2D eigenvalue weighted by molar-refractivity contribution is 7.13. The average molecular weight is 302 g/mol. The van der Waals surface area contributed by atoms with Gasteiger partial charge < -0.3 is 10.4 Å². The maximum atomic E-state index is 12.4. The van der Waals surface area contributed by atoms with Crippen molar-refractivity contribution in [2.24, 2.45) is 0 Å². The lowest BCUT2D eigenvalue weighted by molar-refractivity contribution is -0.140. The van der Waals surface area contributed by atoms with Gasteiger partial charge in [-0.25, -0.2) is 9.78 Å². The first-order valence-corrected chi connectivity index (χ1v) is 6.29. The first-order valence-electron chi connectivity index (χ1n) is 5.41. The molecule has 0 atom stereocenters. The fraction of sp³-hybridized carbons (Fsp3) is 0.167. The topological polar surface area (TPSA) is 62.2 Å². The van der Waals surface area contributed by atoms with E-state index in [0.29, 0.717) is 11.3 Å². The molecule has 2 rings (SSSR count).